The Hall–Kier alpha value is -2.54. The minimum atomic E-state index is -0.919. The molecule has 148 valence electrons. The van der Waals surface area contributed by atoms with E-state index in [-0.39, 0.29) is 31.0 Å². The van der Waals surface area contributed by atoms with Crippen molar-refractivity contribution in [3.05, 3.63) is 35.9 Å². The van der Waals surface area contributed by atoms with Crippen molar-refractivity contribution in [3.63, 3.8) is 0 Å². The number of aliphatic hydroxyl groups is 1. The van der Waals surface area contributed by atoms with Crippen LogP contribution in [-0.4, -0.2) is 48.3 Å². The van der Waals surface area contributed by atoms with Crippen LogP contribution in [-0.2, 0) is 30.3 Å². The Kier molecular flexibility index (Phi) is 10.6. The fraction of sp³-hybridized carbons (Fsp3) is 0.500. The number of ether oxygens (including phenoxy) is 1. The highest BCUT2D eigenvalue weighted by Crippen LogP contribution is 2.07. The first-order valence-corrected chi connectivity index (χ1v) is 9.01. The third kappa shape index (κ3) is 9.65. The van der Waals surface area contributed by atoms with Gasteiger partial charge in [-0.3, -0.25) is 14.4 Å². The van der Waals surface area contributed by atoms with Crippen molar-refractivity contribution in [1.82, 2.24) is 5.32 Å². The Labute approximate surface area is 159 Å². The highest BCUT2D eigenvalue weighted by molar-refractivity contribution is 5.86. The van der Waals surface area contributed by atoms with Crippen molar-refractivity contribution in [2.45, 2.75) is 51.0 Å². The number of amides is 1. The zero-order chi connectivity index (χ0) is 20.1. The van der Waals surface area contributed by atoms with Crippen molar-refractivity contribution in [2.75, 3.05) is 13.7 Å². The average Bonchev–Trinajstić information content (AvgIpc) is 2.68. The molecule has 0 aliphatic carbocycles. The maximum absolute atomic E-state index is 12.0. The third-order valence-electron chi connectivity index (χ3n) is 4.06. The number of esters is 1. The van der Waals surface area contributed by atoms with E-state index < -0.39 is 24.4 Å². The predicted molar refractivity (Wildman–Crippen MR) is 98.9 cm³/mol. The molecule has 1 aromatic carbocycles. The summed E-state index contributed by atoms with van der Waals surface area (Å²) in [5, 5.41) is 11.3. The Morgan fingerprint density at radius 1 is 1.00 bits per heavy atom. The van der Waals surface area contributed by atoms with Gasteiger partial charge < -0.3 is 15.2 Å². The molecule has 7 heteroatoms. The van der Waals surface area contributed by atoms with Crippen molar-refractivity contribution >= 4 is 23.4 Å². The molecule has 7 nitrogen and oxygen atoms in total. The molecule has 0 aliphatic rings. The van der Waals surface area contributed by atoms with Crippen LogP contribution in [0.15, 0.2) is 30.3 Å². The van der Waals surface area contributed by atoms with Crippen LogP contribution in [0.4, 0.5) is 0 Å². The smallest absolute Gasteiger partial charge is 0.328 e. The molecule has 1 atom stereocenters. The number of methoxy groups -OCH3 is 1. The molecule has 1 amide bonds. The summed E-state index contributed by atoms with van der Waals surface area (Å²) < 4.78 is 4.62. The van der Waals surface area contributed by atoms with Crippen LogP contribution in [0, 0.1) is 0 Å². The first-order chi connectivity index (χ1) is 13.0. The molecule has 0 aromatic heterocycles. The SMILES string of the molecule is COC(=O)[C@@H](CCC(=O)CO)NC(=O)CCCCC(=O)Cc1ccccc1. The van der Waals surface area contributed by atoms with Crippen LogP contribution in [0.25, 0.3) is 0 Å². The van der Waals surface area contributed by atoms with E-state index in [4.69, 9.17) is 5.11 Å². The predicted octanol–water partition coefficient (Wildman–Crippen LogP) is 1.36. The minimum absolute atomic E-state index is 0.0233. The number of nitrogens with one attached hydrogen (secondary N) is 1. The average molecular weight is 377 g/mol. The van der Waals surface area contributed by atoms with Crippen molar-refractivity contribution in [2.24, 2.45) is 0 Å². The molecule has 0 fully saturated rings. The standard InChI is InChI=1S/C20H27NO6/c1-27-20(26)18(12-11-17(24)14-22)21-19(25)10-6-5-9-16(23)13-15-7-3-2-4-8-15/h2-4,7-8,18,22H,5-6,9-14H2,1H3,(H,21,25)/t18-/m1/s1. The largest absolute Gasteiger partial charge is 0.467 e. The number of ketones is 2. The number of carbonyl (C=O) groups excluding carboxylic acids is 4. The molecule has 1 aromatic rings. The van der Waals surface area contributed by atoms with Gasteiger partial charge >= 0.3 is 5.97 Å². The van der Waals surface area contributed by atoms with Gasteiger partial charge in [0, 0.05) is 25.7 Å². The number of carbonyl (C=O) groups is 4. The Morgan fingerprint density at radius 2 is 1.67 bits per heavy atom. The summed E-state index contributed by atoms with van der Waals surface area (Å²) in [6.45, 7) is -0.598. The molecule has 0 unspecified atom stereocenters. The summed E-state index contributed by atoms with van der Waals surface area (Å²) in [5.41, 5.74) is 0.971. The second kappa shape index (κ2) is 12.8. The van der Waals surface area contributed by atoms with Gasteiger partial charge in [-0.2, -0.15) is 0 Å². The third-order valence-corrected chi connectivity index (χ3v) is 4.06. The minimum Gasteiger partial charge on any atom is -0.467 e. The van der Waals surface area contributed by atoms with E-state index >= 15 is 0 Å². The van der Waals surface area contributed by atoms with Crippen LogP contribution >= 0.6 is 0 Å². The molecular formula is C20H27NO6. The van der Waals surface area contributed by atoms with Gasteiger partial charge in [-0.25, -0.2) is 4.79 Å². The monoisotopic (exact) mass is 377 g/mol. The van der Waals surface area contributed by atoms with Gasteiger partial charge in [0.25, 0.3) is 0 Å². The normalized spacial score (nSPS) is 11.5. The maximum Gasteiger partial charge on any atom is 0.328 e. The molecule has 0 spiro atoms. The first-order valence-electron chi connectivity index (χ1n) is 9.01. The molecule has 0 aliphatic heterocycles. The molecular weight excluding hydrogens is 350 g/mol. The molecule has 0 radical (unpaired) electrons. The van der Waals surface area contributed by atoms with E-state index in [0.717, 1.165) is 5.56 Å². The van der Waals surface area contributed by atoms with Gasteiger partial charge in [-0.15, -0.1) is 0 Å². The Bertz CT molecular complexity index is 629. The molecule has 0 bridgehead atoms. The Morgan fingerprint density at radius 3 is 2.30 bits per heavy atom. The van der Waals surface area contributed by atoms with E-state index in [1.807, 2.05) is 30.3 Å². The second-order valence-corrected chi connectivity index (χ2v) is 6.29. The summed E-state index contributed by atoms with van der Waals surface area (Å²) in [6, 6.07) is 8.56. The van der Waals surface area contributed by atoms with E-state index in [9.17, 15) is 19.2 Å². The lowest BCUT2D eigenvalue weighted by Gasteiger charge is -2.16. The molecule has 0 saturated carbocycles. The van der Waals surface area contributed by atoms with Crippen LogP contribution < -0.4 is 5.32 Å². The Balaban J connectivity index is 2.29. The molecule has 1 rings (SSSR count). The fourth-order valence-corrected chi connectivity index (χ4v) is 2.56. The maximum atomic E-state index is 12.0. The number of benzene rings is 1. The molecule has 2 N–H and O–H groups in total. The molecule has 0 saturated heterocycles. The van der Waals surface area contributed by atoms with Gasteiger partial charge in [-0.05, 0) is 24.8 Å². The van der Waals surface area contributed by atoms with E-state index in [1.54, 1.807) is 0 Å². The van der Waals surface area contributed by atoms with Crippen molar-refractivity contribution in [1.29, 1.82) is 0 Å². The van der Waals surface area contributed by atoms with E-state index in [2.05, 4.69) is 10.1 Å². The van der Waals surface area contributed by atoms with Gasteiger partial charge in [0.15, 0.2) is 5.78 Å². The van der Waals surface area contributed by atoms with Crippen LogP contribution in [0.2, 0.25) is 0 Å². The van der Waals surface area contributed by atoms with Crippen LogP contribution in [0.3, 0.4) is 0 Å². The molecule has 0 heterocycles. The van der Waals surface area contributed by atoms with Gasteiger partial charge in [0.05, 0.1) is 7.11 Å². The van der Waals surface area contributed by atoms with Crippen LogP contribution in [0.5, 0.6) is 0 Å². The summed E-state index contributed by atoms with van der Waals surface area (Å²) in [5.74, 6) is -1.25. The number of hydrogen-bond donors (Lipinski definition) is 2. The fourth-order valence-electron chi connectivity index (χ4n) is 2.56. The zero-order valence-electron chi connectivity index (χ0n) is 15.6. The highest BCUT2D eigenvalue weighted by atomic mass is 16.5. The van der Waals surface area contributed by atoms with E-state index in [0.29, 0.717) is 25.7 Å². The van der Waals surface area contributed by atoms with Crippen molar-refractivity contribution < 1.29 is 29.0 Å². The quantitative estimate of drug-likeness (QED) is 0.397. The van der Waals surface area contributed by atoms with Gasteiger partial charge in [0.2, 0.25) is 5.91 Å². The summed E-state index contributed by atoms with van der Waals surface area (Å²) >= 11 is 0. The topological polar surface area (TPSA) is 110 Å². The van der Waals surface area contributed by atoms with Crippen molar-refractivity contribution in [3.8, 4) is 0 Å². The number of unbranched alkanes of at least 4 members (excludes halogenated alkanes) is 1. The lowest BCUT2D eigenvalue weighted by molar-refractivity contribution is -0.145. The zero-order valence-corrected chi connectivity index (χ0v) is 15.6. The highest BCUT2D eigenvalue weighted by Gasteiger charge is 2.22. The summed E-state index contributed by atoms with van der Waals surface area (Å²) in [4.78, 5) is 46.8. The van der Waals surface area contributed by atoms with E-state index in [1.165, 1.54) is 7.11 Å². The van der Waals surface area contributed by atoms with Gasteiger partial charge in [0.1, 0.15) is 18.4 Å². The number of Topliss-reactive ketones (excluding diaryl/α,β-unsaturated/α-hetero) is 2. The van der Waals surface area contributed by atoms with Crippen LogP contribution in [0.1, 0.15) is 44.1 Å². The number of rotatable bonds is 13. The first kappa shape index (κ1) is 22.5. The lowest BCUT2D eigenvalue weighted by atomic mass is 10.0. The second-order valence-electron chi connectivity index (χ2n) is 6.29. The summed E-state index contributed by atoms with van der Waals surface area (Å²) in [6.07, 6.45) is 2.13. The number of aliphatic hydroxyl groups excluding tert-OH is 1. The summed E-state index contributed by atoms with van der Waals surface area (Å²) in [7, 11) is 1.20. The molecule has 27 heavy (non-hydrogen) atoms. The number of hydrogen-bond acceptors (Lipinski definition) is 6. The van der Waals surface area contributed by atoms with Gasteiger partial charge in [-0.1, -0.05) is 30.3 Å². The lowest BCUT2D eigenvalue weighted by Crippen LogP contribution is -2.41.